The molecule has 0 aliphatic carbocycles. The number of carboxylic acid groups (broad SMARTS) is 1. The van der Waals surface area contributed by atoms with Gasteiger partial charge < -0.3 is 9.84 Å². The van der Waals surface area contributed by atoms with Gasteiger partial charge in [-0.25, -0.2) is 0 Å². The van der Waals surface area contributed by atoms with Gasteiger partial charge in [0.05, 0.1) is 13.0 Å². The molecule has 0 aliphatic rings. The normalized spacial score (nSPS) is 10.9. The molecule has 0 aliphatic heterocycles. The van der Waals surface area contributed by atoms with Crippen LogP contribution >= 0.6 is 0 Å². The number of hydrogen-bond acceptors (Lipinski definition) is 3. The van der Waals surface area contributed by atoms with Gasteiger partial charge in [0, 0.05) is 13.3 Å². The van der Waals surface area contributed by atoms with E-state index in [1.807, 2.05) is 67.6 Å². The van der Waals surface area contributed by atoms with E-state index in [1.165, 1.54) is 12.5 Å². The van der Waals surface area contributed by atoms with Crippen LogP contribution in [0.5, 0.6) is 0 Å². The second-order valence-corrected chi connectivity index (χ2v) is 5.49. The van der Waals surface area contributed by atoms with E-state index in [4.69, 9.17) is 9.84 Å². The second kappa shape index (κ2) is 11.0. The second-order valence-electron chi connectivity index (χ2n) is 5.49. The number of esters is 1. The molecule has 128 valence electrons. The molecule has 0 fully saturated rings. The van der Waals surface area contributed by atoms with Gasteiger partial charge in [0.2, 0.25) is 0 Å². The Morgan fingerprint density at radius 3 is 2.04 bits per heavy atom. The molecule has 1 unspecified atom stereocenters. The molecule has 4 heteroatoms. The quantitative estimate of drug-likeness (QED) is 0.812. The van der Waals surface area contributed by atoms with Crippen LogP contribution in [0.2, 0.25) is 0 Å². The van der Waals surface area contributed by atoms with Crippen LogP contribution in [0.15, 0.2) is 60.7 Å². The molecule has 0 aromatic heterocycles. The fourth-order valence-corrected chi connectivity index (χ4v) is 2.12. The average Bonchev–Trinajstić information content (AvgIpc) is 2.56. The Kier molecular flexibility index (Phi) is 8.90. The lowest BCUT2D eigenvalue weighted by Crippen LogP contribution is -2.02. The van der Waals surface area contributed by atoms with E-state index in [2.05, 4.69) is 0 Å². The summed E-state index contributed by atoms with van der Waals surface area (Å²) in [5.74, 6) is -0.860. The van der Waals surface area contributed by atoms with Gasteiger partial charge in [0.15, 0.2) is 0 Å². The summed E-state index contributed by atoms with van der Waals surface area (Å²) < 4.78 is 4.81. The third-order valence-corrected chi connectivity index (χ3v) is 3.39. The van der Waals surface area contributed by atoms with Crippen molar-refractivity contribution < 1.29 is 19.4 Å². The maximum Gasteiger partial charge on any atom is 0.303 e. The van der Waals surface area contributed by atoms with Gasteiger partial charge >= 0.3 is 11.9 Å². The first kappa shape index (κ1) is 19.4. The maximum absolute atomic E-state index is 10.4. The number of benzene rings is 2. The van der Waals surface area contributed by atoms with Gasteiger partial charge in [-0.1, -0.05) is 67.6 Å². The Morgan fingerprint density at radius 2 is 1.54 bits per heavy atom. The first-order valence-electron chi connectivity index (χ1n) is 7.93. The smallest absolute Gasteiger partial charge is 0.303 e. The minimum Gasteiger partial charge on any atom is -0.481 e. The molecule has 4 nitrogen and oxygen atoms in total. The van der Waals surface area contributed by atoms with Crippen LogP contribution < -0.4 is 0 Å². The topological polar surface area (TPSA) is 63.6 Å². The molecule has 0 heterocycles. The highest BCUT2D eigenvalue weighted by molar-refractivity contribution is 5.68. The van der Waals surface area contributed by atoms with Crippen molar-refractivity contribution in [2.75, 3.05) is 6.61 Å². The lowest BCUT2D eigenvalue weighted by molar-refractivity contribution is -0.141. The van der Waals surface area contributed by atoms with E-state index in [9.17, 15) is 9.59 Å². The lowest BCUT2D eigenvalue weighted by atomic mass is 9.98. The number of ether oxygens (including phenoxy) is 1. The zero-order valence-corrected chi connectivity index (χ0v) is 14.1. The molecular formula is C20H24O4. The molecule has 1 atom stereocenters. The molecule has 0 amide bonds. The molecule has 0 spiro atoms. The highest BCUT2D eigenvalue weighted by Crippen LogP contribution is 2.17. The number of aliphatic carboxylic acids is 1. The average molecular weight is 328 g/mol. The van der Waals surface area contributed by atoms with Crippen LogP contribution in [0.3, 0.4) is 0 Å². The summed E-state index contributed by atoms with van der Waals surface area (Å²) in [6, 6.07) is 19.6. The number of carbonyl (C=O) groups is 2. The predicted octanol–water partition coefficient (Wildman–Crippen LogP) is 4.06. The molecule has 0 bridgehead atoms. The van der Waals surface area contributed by atoms with Crippen molar-refractivity contribution in [3.8, 4) is 0 Å². The third-order valence-electron chi connectivity index (χ3n) is 3.39. The summed E-state index contributed by atoms with van der Waals surface area (Å²) >= 11 is 0. The molecule has 0 saturated heterocycles. The van der Waals surface area contributed by atoms with E-state index in [0.717, 1.165) is 12.0 Å². The van der Waals surface area contributed by atoms with Crippen molar-refractivity contribution in [2.45, 2.75) is 32.6 Å². The third kappa shape index (κ3) is 8.73. The monoisotopic (exact) mass is 328 g/mol. The molecule has 24 heavy (non-hydrogen) atoms. The Labute approximate surface area is 143 Å². The zero-order valence-electron chi connectivity index (χ0n) is 14.1. The van der Waals surface area contributed by atoms with Gasteiger partial charge in [-0.15, -0.1) is 0 Å². The molecule has 2 aromatic rings. The Balaban J connectivity index is 0.000000240. The van der Waals surface area contributed by atoms with Gasteiger partial charge in [0.25, 0.3) is 0 Å². The minimum atomic E-state index is -0.744. The summed E-state index contributed by atoms with van der Waals surface area (Å²) in [7, 11) is 0. The van der Waals surface area contributed by atoms with Crippen molar-refractivity contribution in [3.05, 3.63) is 71.8 Å². The summed E-state index contributed by atoms with van der Waals surface area (Å²) in [6.45, 7) is 3.81. The van der Waals surface area contributed by atoms with E-state index in [-0.39, 0.29) is 18.3 Å². The Hall–Kier alpha value is -2.62. The van der Waals surface area contributed by atoms with Crippen molar-refractivity contribution in [2.24, 2.45) is 0 Å². The predicted molar refractivity (Wildman–Crippen MR) is 93.9 cm³/mol. The summed E-state index contributed by atoms with van der Waals surface area (Å²) in [5.41, 5.74) is 2.28. The highest BCUT2D eigenvalue weighted by atomic mass is 16.5. The van der Waals surface area contributed by atoms with Crippen molar-refractivity contribution in [1.82, 2.24) is 0 Å². The number of hydrogen-bond donors (Lipinski definition) is 1. The SMILES string of the molecule is CC(=O)OCCc1ccccc1.CC(CC(=O)O)c1ccccc1. The lowest BCUT2D eigenvalue weighted by Gasteiger charge is -2.07. The summed E-state index contributed by atoms with van der Waals surface area (Å²) in [4.78, 5) is 20.8. The number of carboxylic acids is 1. The molecule has 0 saturated carbocycles. The maximum atomic E-state index is 10.4. The van der Waals surface area contributed by atoms with Crippen LogP contribution in [0.25, 0.3) is 0 Å². The van der Waals surface area contributed by atoms with E-state index in [0.29, 0.717) is 6.61 Å². The standard InChI is InChI=1S/2C10H12O2/c1-9(11)12-8-7-10-5-3-2-4-6-10;1-8(7-10(11)12)9-5-3-2-4-6-9/h2-6H,7-8H2,1H3;2-6,8H,7H2,1H3,(H,11,12). The first-order chi connectivity index (χ1) is 11.5. The Bertz CT molecular complexity index is 608. The number of carbonyl (C=O) groups excluding carboxylic acids is 1. The minimum absolute atomic E-state index is 0.101. The molecule has 2 rings (SSSR count). The molecular weight excluding hydrogens is 304 g/mol. The van der Waals surface area contributed by atoms with Crippen molar-refractivity contribution in [1.29, 1.82) is 0 Å². The van der Waals surface area contributed by atoms with E-state index in [1.54, 1.807) is 0 Å². The van der Waals surface area contributed by atoms with Crippen LogP contribution in [0, 0.1) is 0 Å². The highest BCUT2D eigenvalue weighted by Gasteiger charge is 2.08. The molecule has 2 aromatic carbocycles. The Morgan fingerprint density at radius 1 is 1.00 bits per heavy atom. The summed E-state index contributed by atoms with van der Waals surface area (Å²) in [6.07, 6.45) is 0.991. The first-order valence-corrected chi connectivity index (χ1v) is 7.93. The summed E-state index contributed by atoms with van der Waals surface area (Å²) in [5, 5.41) is 8.55. The van der Waals surface area contributed by atoms with Crippen LogP contribution in [-0.4, -0.2) is 23.7 Å². The zero-order chi connectivity index (χ0) is 17.8. The fraction of sp³-hybridized carbons (Fsp3) is 0.300. The van der Waals surface area contributed by atoms with Crippen molar-refractivity contribution in [3.63, 3.8) is 0 Å². The number of rotatable bonds is 6. The van der Waals surface area contributed by atoms with E-state index < -0.39 is 5.97 Å². The largest absolute Gasteiger partial charge is 0.481 e. The van der Waals surface area contributed by atoms with Crippen LogP contribution in [-0.2, 0) is 20.7 Å². The van der Waals surface area contributed by atoms with Crippen LogP contribution in [0.1, 0.15) is 37.3 Å². The molecule has 0 radical (unpaired) electrons. The molecule has 1 N–H and O–H groups in total. The van der Waals surface area contributed by atoms with Gasteiger partial charge in [-0.2, -0.15) is 0 Å². The van der Waals surface area contributed by atoms with Crippen LogP contribution in [0.4, 0.5) is 0 Å². The van der Waals surface area contributed by atoms with Crippen molar-refractivity contribution >= 4 is 11.9 Å². The van der Waals surface area contributed by atoms with E-state index >= 15 is 0 Å². The van der Waals surface area contributed by atoms with Gasteiger partial charge in [0.1, 0.15) is 0 Å². The fourth-order valence-electron chi connectivity index (χ4n) is 2.12. The van der Waals surface area contributed by atoms with Gasteiger partial charge in [-0.05, 0) is 17.0 Å². The van der Waals surface area contributed by atoms with Gasteiger partial charge in [-0.3, -0.25) is 9.59 Å².